The highest BCUT2D eigenvalue weighted by atomic mass is 35.5. The maximum atomic E-state index is 12.1. The van der Waals surface area contributed by atoms with Crippen molar-refractivity contribution >= 4 is 29.2 Å². The molecule has 6 heteroatoms. The summed E-state index contributed by atoms with van der Waals surface area (Å²) in [5.74, 6) is -0.579. The van der Waals surface area contributed by atoms with Crippen molar-refractivity contribution in [1.29, 1.82) is 0 Å². The van der Waals surface area contributed by atoms with Gasteiger partial charge in [-0.05, 0) is 25.1 Å². The lowest BCUT2D eigenvalue weighted by molar-refractivity contribution is -0.143. The predicted molar refractivity (Wildman–Crippen MR) is 74.1 cm³/mol. The molecule has 0 bridgehead atoms. The minimum Gasteiger partial charge on any atom is -0.466 e. The average Bonchev–Trinajstić information content (AvgIpc) is 2.35. The standard InChI is InChI=1S/C13H17ClN2O3/c1-3-19-12(17)6-7-16(2)13(18)10-5-4-9(14)8-11(10)15/h4-5,8H,3,6-7,15H2,1-2H3. The summed E-state index contributed by atoms with van der Waals surface area (Å²) in [5, 5.41) is 0.475. The number of halogens is 1. The van der Waals surface area contributed by atoms with Crippen molar-refractivity contribution in [2.45, 2.75) is 13.3 Å². The van der Waals surface area contributed by atoms with Crippen molar-refractivity contribution in [3.05, 3.63) is 28.8 Å². The van der Waals surface area contributed by atoms with Gasteiger partial charge in [-0.2, -0.15) is 0 Å². The fraction of sp³-hybridized carbons (Fsp3) is 0.385. The number of esters is 1. The van der Waals surface area contributed by atoms with Crippen LogP contribution in [-0.2, 0) is 9.53 Å². The Bertz CT molecular complexity index is 477. The molecule has 1 amide bonds. The quantitative estimate of drug-likeness (QED) is 0.662. The van der Waals surface area contributed by atoms with E-state index in [1.54, 1.807) is 26.1 Å². The summed E-state index contributed by atoms with van der Waals surface area (Å²) in [5.41, 5.74) is 6.43. The summed E-state index contributed by atoms with van der Waals surface area (Å²) < 4.78 is 4.80. The maximum Gasteiger partial charge on any atom is 0.307 e. The molecule has 0 heterocycles. The first-order valence-electron chi connectivity index (χ1n) is 5.91. The minimum atomic E-state index is -0.328. The molecular weight excluding hydrogens is 268 g/mol. The third-order valence-corrected chi connectivity index (χ3v) is 2.78. The van der Waals surface area contributed by atoms with Crippen LogP contribution in [0.3, 0.4) is 0 Å². The van der Waals surface area contributed by atoms with Crippen LogP contribution in [0.1, 0.15) is 23.7 Å². The molecule has 104 valence electrons. The van der Waals surface area contributed by atoms with Crippen molar-refractivity contribution in [3.8, 4) is 0 Å². The third-order valence-electron chi connectivity index (χ3n) is 2.55. The highest BCUT2D eigenvalue weighted by Gasteiger charge is 2.16. The third kappa shape index (κ3) is 4.44. The molecular formula is C13H17ClN2O3. The molecule has 1 rings (SSSR count). The van der Waals surface area contributed by atoms with E-state index in [2.05, 4.69) is 0 Å². The second-order valence-corrected chi connectivity index (χ2v) is 4.45. The summed E-state index contributed by atoms with van der Waals surface area (Å²) in [4.78, 5) is 24.7. The molecule has 1 aromatic rings. The van der Waals surface area contributed by atoms with E-state index in [0.717, 1.165) is 0 Å². The molecule has 2 N–H and O–H groups in total. The van der Waals surface area contributed by atoms with Crippen LogP contribution in [0.5, 0.6) is 0 Å². The van der Waals surface area contributed by atoms with Crippen LogP contribution < -0.4 is 5.73 Å². The first-order valence-corrected chi connectivity index (χ1v) is 6.29. The molecule has 5 nitrogen and oxygen atoms in total. The number of rotatable bonds is 5. The Labute approximate surface area is 117 Å². The minimum absolute atomic E-state index is 0.156. The largest absolute Gasteiger partial charge is 0.466 e. The number of nitrogen functional groups attached to an aromatic ring is 1. The Kier molecular flexibility index (Phi) is 5.63. The number of nitrogens with two attached hydrogens (primary N) is 1. The van der Waals surface area contributed by atoms with Crippen molar-refractivity contribution in [2.75, 3.05) is 25.9 Å². The number of hydrogen-bond acceptors (Lipinski definition) is 4. The molecule has 0 aliphatic rings. The molecule has 0 saturated heterocycles. The maximum absolute atomic E-state index is 12.1. The molecule has 19 heavy (non-hydrogen) atoms. The van der Waals surface area contributed by atoms with Gasteiger partial charge in [-0.1, -0.05) is 11.6 Å². The van der Waals surface area contributed by atoms with E-state index in [4.69, 9.17) is 22.1 Å². The number of hydrogen-bond donors (Lipinski definition) is 1. The van der Waals surface area contributed by atoms with Gasteiger partial charge in [0.15, 0.2) is 0 Å². The Morgan fingerprint density at radius 2 is 2.11 bits per heavy atom. The van der Waals surface area contributed by atoms with Gasteiger partial charge in [0.1, 0.15) is 0 Å². The van der Waals surface area contributed by atoms with Gasteiger partial charge < -0.3 is 15.4 Å². The first-order chi connectivity index (χ1) is 8.95. The van der Waals surface area contributed by atoms with Crippen LogP contribution in [0, 0.1) is 0 Å². The summed E-state index contributed by atoms with van der Waals surface area (Å²) in [7, 11) is 1.61. The molecule has 0 fully saturated rings. The second kappa shape index (κ2) is 6.99. The Hall–Kier alpha value is -1.75. The van der Waals surface area contributed by atoms with Crippen LogP contribution in [0.4, 0.5) is 5.69 Å². The van der Waals surface area contributed by atoms with Gasteiger partial charge in [0.2, 0.25) is 0 Å². The molecule has 0 saturated carbocycles. The summed E-state index contributed by atoms with van der Waals surface area (Å²) in [6, 6.07) is 4.69. The van der Waals surface area contributed by atoms with Gasteiger partial charge in [-0.25, -0.2) is 0 Å². The molecule has 0 aliphatic heterocycles. The highest BCUT2D eigenvalue weighted by Crippen LogP contribution is 2.19. The SMILES string of the molecule is CCOC(=O)CCN(C)C(=O)c1ccc(Cl)cc1N. The van der Waals surface area contributed by atoms with Gasteiger partial charge in [0, 0.05) is 24.3 Å². The number of amides is 1. The summed E-state index contributed by atoms with van der Waals surface area (Å²) in [6.45, 7) is 2.35. The molecule has 0 aromatic heterocycles. The van der Waals surface area contributed by atoms with E-state index in [-0.39, 0.29) is 24.8 Å². The van der Waals surface area contributed by atoms with Crippen molar-refractivity contribution < 1.29 is 14.3 Å². The molecule has 0 spiro atoms. The fourth-order valence-corrected chi connectivity index (χ4v) is 1.71. The Morgan fingerprint density at radius 1 is 1.42 bits per heavy atom. The lowest BCUT2D eigenvalue weighted by Gasteiger charge is -2.17. The van der Waals surface area contributed by atoms with Gasteiger partial charge in [0.05, 0.1) is 18.6 Å². The fourth-order valence-electron chi connectivity index (χ4n) is 1.53. The zero-order valence-electron chi connectivity index (χ0n) is 11.0. The van der Waals surface area contributed by atoms with Gasteiger partial charge in [-0.15, -0.1) is 0 Å². The lowest BCUT2D eigenvalue weighted by Crippen LogP contribution is -2.30. The van der Waals surface area contributed by atoms with E-state index < -0.39 is 0 Å². The van der Waals surface area contributed by atoms with Crippen LogP contribution in [0.25, 0.3) is 0 Å². The van der Waals surface area contributed by atoms with E-state index in [0.29, 0.717) is 22.9 Å². The van der Waals surface area contributed by atoms with Gasteiger partial charge in [0.25, 0.3) is 5.91 Å². The first kappa shape index (κ1) is 15.3. The normalized spacial score (nSPS) is 10.1. The zero-order valence-corrected chi connectivity index (χ0v) is 11.7. The van der Waals surface area contributed by atoms with Crippen LogP contribution >= 0.6 is 11.6 Å². The van der Waals surface area contributed by atoms with E-state index in [9.17, 15) is 9.59 Å². The lowest BCUT2D eigenvalue weighted by atomic mass is 10.1. The number of ether oxygens (including phenoxy) is 1. The van der Waals surface area contributed by atoms with Crippen LogP contribution in [0.15, 0.2) is 18.2 Å². The predicted octanol–water partition coefficient (Wildman–Crippen LogP) is 1.95. The van der Waals surface area contributed by atoms with Crippen molar-refractivity contribution in [2.24, 2.45) is 0 Å². The number of carbonyl (C=O) groups excluding carboxylic acids is 2. The molecule has 1 aromatic carbocycles. The molecule has 0 radical (unpaired) electrons. The number of nitrogens with zero attached hydrogens (tertiary/aromatic N) is 1. The molecule has 0 aliphatic carbocycles. The number of anilines is 1. The van der Waals surface area contributed by atoms with Gasteiger partial charge >= 0.3 is 5.97 Å². The monoisotopic (exact) mass is 284 g/mol. The average molecular weight is 285 g/mol. The van der Waals surface area contributed by atoms with Crippen molar-refractivity contribution in [3.63, 3.8) is 0 Å². The van der Waals surface area contributed by atoms with Crippen molar-refractivity contribution in [1.82, 2.24) is 4.90 Å². The number of benzene rings is 1. The number of carbonyl (C=O) groups is 2. The summed E-state index contributed by atoms with van der Waals surface area (Å²) in [6.07, 6.45) is 0.156. The smallest absolute Gasteiger partial charge is 0.307 e. The highest BCUT2D eigenvalue weighted by molar-refractivity contribution is 6.31. The summed E-state index contributed by atoms with van der Waals surface area (Å²) >= 11 is 5.77. The molecule has 0 atom stereocenters. The Balaban J connectivity index is 2.64. The topological polar surface area (TPSA) is 72.6 Å². The van der Waals surface area contributed by atoms with E-state index in [1.165, 1.54) is 11.0 Å². The van der Waals surface area contributed by atoms with Crippen LogP contribution in [0.2, 0.25) is 5.02 Å². The Morgan fingerprint density at radius 3 is 2.68 bits per heavy atom. The van der Waals surface area contributed by atoms with Gasteiger partial charge in [-0.3, -0.25) is 9.59 Å². The van der Waals surface area contributed by atoms with Crippen LogP contribution in [-0.4, -0.2) is 37.0 Å². The van der Waals surface area contributed by atoms with E-state index in [1.807, 2.05) is 0 Å². The molecule has 0 unspecified atom stereocenters. The second-order valence-electron chi connectivity index (χ2n) is 4.01. The zero-order chi connectivity index (χ0) is 14.4. The van der Waals surface area contributed by atoms with E-state index >= 15 is 0 Å².